The van der Waals surface area contributed by atoms with Crippen LogP contribution in [0.1, 0.15) is 32.6 Å². The number of Topliss-reactive ketones (excluding diaryl/α,β-unsaturated/α-hetero) is 1. The van der Waals surface area contributed by atoms with Crippen LogP contribution in [0.2, 0.25) is 0 Å². The Hall–Kier alpha value is -1.39. The minimum atomic E-state index is -0.803. The maximum absolute atomic E-state index is 11.7. The standard InChI is InChI=1S/C10H14N2O3/c1-6(13)4-5-10(7-2-3-7)8(14)11-9(15)12-10/h7H,2-5H2,1H3,(H2,11,12,14,15). The lowest BCUT2D eigenvalue weighted by Gasteiger charge is -2.25. The predicted octanol–water partition coefficient (Wildman–Crippen LogP) is 0.344. The fourth-order valence-electron chi connectivity index (χ4n) is 2.12. The van der Waals surface area contributed by atoms with E-state index in [2.05, 4.69) is 10.6 Å². The summed E-state index contributed by atoms with van der Waals surface area (Å²) >= 11 is 0. The molecular formula is C10H14N2O3. The van der Waals surface area contributed by atoms with Gasteiger partial charge in [-0.25, -0.2) is 4.79 Å². The highest BCUT2D eigenvalue weighted by atomic mass is 16.2. The largest absolute Gasteiger partial charge is 0.323 e. The third kappa shape index (κ3) is 1.73. The zero-order valence-electron chi connectivity index (χ0n) is 8.63. The molecule has 1 unspecified atom stereocenters. The Bertz CT molecular complexity index is 336. The van der Waals surface area contributed by atoms with Crippen LogP contribution in [0.5, 0.6) is 0 Å². The molecule has 5 nitrogen and oxygen atoms in total. The summed E-state index contributed by atoms with van der Waals surface area (Å²) in [6.45, 7) is 1.50. The highest BCUT2D eigenvalue weighted by Crippen LogP contribution is 2.43. The van der Waals surface area contributed by atoms with Gasteiger partial charge in [0.05, 0.1) is 0 Å². The number of carbonyl (C=O) groups is 3. The van der Waals surface area contributed by atoms with Crippen molar-refractivity contribution in [1.29, 1.82) is 0 Å². The van der Waals surface area contributed by atoms with Gasteiger partial charge in [-0.3, -0.25) is 10.1 Å². The molecule has 5 heteroatoms. The molecule has 2 fully saturated rings. The molecule has 0 bridgehead atoms. The van der Waals surface area contributed by atoms with E-state index in [1.54, 1.807) is 0 Å². The van der Waals surface area contributed by atoms with E-state index in [0.29, 0.717) is 12.8 Å². The van der Waals surface area contributed by atoms with E-state index < -0.39 is 11.6 Å². The first-order valence-corrected chi connectivity index (χ1v) is 5.17. The summed E-state index contributed by atoms with van der Waals surface area (Å²) in [5.41, 5.74) is -0.803. The monoisotopic (exact) mass is 210 g/mol. The van der Waals surface area contributed by atoms with E-state index in [4.69, 9.17) is 0 Å². The summed E-state index contributed by atoms with van der Waals surface area (Å²) in [6.07, 6.45) is 2.66. The van der Waals surface area contributed by atoms with Gasteiger partial charge < -0.3 is 10.1 Å². The van der Waals surface area contributed by atoms with Crippen LogP contribution in [0, 0.1) is 5.92 Å². The van der Waals surface area contributed by atoms with Crippen LogP contribution in [-0.4, -0.2) is 23.3 Å². The van der Waals surface area contributed by atoms with E-state index >= 15 is 0 Å². The quantitative estimate of drug-likeness (QED) is 0.657. The third-order valence-electron chi connectivity index (χ3n) is 3.11. The number of amides is 3. The van der Waals surface area contributed by atoms with E-state index in [0.717, 1.165) is 12.8 Å². The molecule has 2 N–H and O–H groups in total. The fourth-order valence-corrected chi connectivity index (χ4v) is 2.12. The highest BCUT2D eigenvalue weighted by Gasteiger charge is 2.55. The maximum atomic E-state index is 11.7. The zero-order valence-corrected chi connectivity index (χ0v) is 8.63. The van der Waals surface area contributed by atoms with Crippen molar-refractivity contribution in [3.05, 3.63) is 0 Å². The molecular weight excluding hydrogens is 196 g/mol. The molecule has 2 rings (SSSR count). The van der Waals surface area contributed by atoms with Gasteiger partial charge in [0.15, 0.2) is 0 Å². The van der Waals surface area contributed by atoms with E-state index in [-0.39, 0.29) is 17.6 Å². The smallest absolute Gasteiger partial charge is 0.322 e. The Labute approximate surface area is 87.6 Å². The predicted molar refractivity (Wildman–Crippen MR) is 52.0 cm³/mol. The molecule has 0 aromatic heterocycles. The molecule has 0 spiro atoms. The summed E-state index contributed by atoms with van der Waals surface area (Å²) < 4.78 is 0. The number of urea groups is 1. The highest BCUT2D eigenvalue weighted by molar-refractivity contribution is 6.07. The second-order valence-corrected chi connectivity index (χ2v) is 4.36. The first kappa shape index (κ1) is 10.1. The van der Waals surface area contributed by atoms with E-state index in [1.807, 2.05) is 0 Å². The van der Waals surface area contributed by atoms with Crippen molar-refractivity contribution in [2.75, 3.05) is 0 Å². The third-order valence-corrected chi connectivity index (χ3v) is 3.11. The van der Waals surface area contributed by atoms with Crippen molar-refractivity contribution >= 4 is 17.7 Å². The first-order valence-electron chi connectivity index (χ1n) is 5.17. The summed E-state index contributed by atoms with van der Waals surface area (Å²) in [5, 5.41) is 4.94. The molecule has 1 saturated heterocycles. The molecule has 1 atom stereocenters. The Kier molecular flexibility index (Phi) is 2.25. The molecule has 0 aromatic rings. The van der Waals surface area contributed by atoms with Gasteiger partial charge >= 0.3 is 6.03 Å². The minimum absolute atomic E-state index is 0.0453. The van der Waals surface area contributed by atoms with E-state index in [9.17, 15) is 14.4 Å². The molecule has 3 amide bonds. The van der Waals surface area contributed by atoms with Crippen LogP contribution in [0.25, 0.3) is 0 Å². The van der Waals surface area contributed by atoms with Crippen LogP contribution in [0.3, 0.4) is 0 Å². The van der Waals surface area contributed by atoms with Crippen LogP contribution in [-0.2, 0) is 9.59 Å². The van der Waals surface area contributed by atoms with Gasteiger partial charge in [0.2, 0.25) is 0 Å². The van der Waals surface area contributed by atoms with Crippen molar-refractivity contribution in [3.63, 3.8) is 0 Å². The second-order valence-electron chi connectivity index (χ2n) is 4.36. The Morgan fingerprint density at radius 1 is 1.47 bits per heavy atom. The van der Waals surface area contributed by atoms with Gasteiger partial charge in [-0.05, 0) is 32.1 Å². The number of hydrogen-bond acceptors (Lipinski definition) is 3. The molecule has 82 valence electrons. The topological polar surface area (TPSA) is 75.3 Å². The van der Waals surface area contributed by atoms with Crippen molar-refractivity contribution in [2.45, 2.75) is 38.1 Å². The van der Waals surface area contributed by atoms with Gasteiger partial charge in [0.1, 0.15) is 11.3 Å². The van der Waals surface area contributed by atoms with Crippen molar-refractivity contribution in [1.82, 2.24) is 10.6 Å². The summed E-state index contributed by atoms with van der Waals surface area (Å²) in [6, 6.07) is -0.435. The number of ketones is 1. The summed E-state index contributed by atoms with van der Waals surface area (Å²) in [5.74, 6) is -0.0106. The van der Waals surface area contributed by atoms with Gasteiger partial charge in [-0.1, -0.05) is 0 Å². The van der Waals surface area contributed by atoms with Gasteiger partial charge in [0, 0.05) is 6.42 Å². The summed E-state index contributed by atoms with van der Waals surface area (Å²) in [4.78, 5) is 33.7. The Balaban J connectivity index is 2.13. The Morgan fingerprint density at radius 3 is 2.53 bits per heavy atom. The first-order chi connectivity index (χ1) is 7.04. The van der Waals surface area contributed by atoms with Crippen LogP contribution in [0.4, 0.5) is 4.79 Å². The SMILES string of the molecule is CC(=O)CCC1(C2CC2)NC(=O)NC1=O. The molecule has 1 aliphatic heterocycles. The second kappa shape index (κ2) is 3.32. The average molecular weight is 210 g/mol. The van der Waals surface area contributed by atoms with Gasteiger partial charge in [-0.2, -0.15) is 0 Å². The lowest BCUT2D eigenvalue weighted by Crippen LogP contribution is -2.49. The lowest BCUT2D eigenvalue weighted by atomic mass is 9.87. The number of hydrogen-bond donors (Lipinski definition) is 2. The molecule has 0 aromatic carbocycles. The fraction of sp³-hybridized carbons (Fsp3) is 0.700. The van der Waals surface area contributed by atoms with Gasteiger partial charge in [-0.15, -0.1) is 0 Å². The molecule has 0 radical (unpaired) electrons. The zero-order chi connectivity index (χ0) is 11.1. The lowest BCUT2D eigenvalue weighted by molar-refractivity contribution is -0.125. The molecule has 15 heavy (non-hydrogen) atoms. The number of rotatable bonds is 4. The van der Waals surface area contributed by atoms with E-state index in [1.165, 1.54) is 6.92 Å². The van der Waals surface area contributed by atoms with Crippen LogP contribution >= 0.6 is 0 Å². The van der Waals surface area contributed by atoms with Crippen LogP contribution < -0.4 is 10.6 Å². The average Bonchev–Trinajstić information content (AvgIpc) is 2.91. The summed E-state index contributed by atoms with van der Waals surface area (Å²) in [7, 11) is 0. The normalized spacial score (nSPS) is 29.9. The molecule has 1 aliphatic carbocycles. The minimum Gasteiger partial charge on any atom is -0.323 e. The van der Waals surface area contributed by atoms with Crippen molar-refractivity contribution in [2.24, 2.45) is 5.92 Å². The Morgan fingerprint density at radius 2 is 2.13 bits per heavy atom. The number of imide groups is 1. The van der Waals surface area contributed by atoms with Gasteiger partial charge in [0.25, 0.3) is 5.91 Å². The van der Waals surface area contributed by atoms with Crippen molar-refractivity contribution < 1.29 is 14.4 Å². The van der Waals surface area contributed by atoms with Crippen LogP contribution in [0.15, 0.2) is 0 Å². The number of carbonyl (C=O) groups excluding carboxylic acids is 3. The molecule has 1 heterocycles. The molecule has 2 aliphatic rings. The molecule has 1 saturated carbocycles. The number of nitrogens with one attached hydrogen (secondary N) is 2. The van der Waals surface area contributed by atoms with Crippen molar-refractivity contribution in [3.8, 4) is 0 Å². The maximum Gasteiger partial charge on any atom is 0.322 e.